The highest BCUT2D eigenvalue weighted by Crippen LogP contribution is 2.29. The van der Waals surface area contributed by atoms with Crippen molar-refractivity contribution in [1.82, 2.24) is 14.1 Å². The van der Waals surface area contributed by atoms with Crippen LogP contribution in [0.1, 0.15) is 12.8 Å². The molecule has 0 spiro atoms. The number of nitrogens with zero attached hydrogens (tertiary/aromatic N) is 3. The fraction of sp³-hybridized carbons (Fsp3) is 0.450. The average Bonchev–Trinajstić information content (AvgIpc) is 3.18. The molecule has 0 aromatic heterocycles. The van der Waals surface area contributed by atoms with E-state index in [1.165, 1.54) is 4.31 Å². The van der Waals surface area contributed by atoms with Gasteiger partial charge in [0.15, 0.2) is 0 Å². The molecule has 0 N–H and O–H groups in total. The van der Waals surface area contributed by atoms with Gasteiger partial charge in [-0.05, 0) is 42.8 Å². The summed E-state index contributed by atoms with van der Waals surface area (Å²) in [6, 6.07) is 12.3. The summed E-state index contributed by atoms with van der Waals surface area (Å²) in [5, 5.41) is 1.89. The van der Waals surface area contributed by atoms with Gasteiger partial charge < -0.3 is 9.80 Å². The minimum atomic E-state index is -3.70. The summed E-state index contributed by atoms with van der Waals surface area (Å²) < 4.78 is 28.0. The molecule has 7 heteroatoms. The van der Waals surface area contributed by atoms with Crippen molar-refractivity contribution < 1.29 is 13.2 Å². The van der Waals surface area contributed by atoms with E-state index >= 15 is 0 Å². The van der Waals surface area contributed by atoms with E-state index in [4.69, 9.17) is 0 Å². The van der Waals surface area contributed by atoms with E-state index in [0.717, 1.165) is 30.3 Å². The van der Waals surface area contributed by atoms with Crippen LogP contribution in [0.25, 0.3) is 10.8 Å². The molecular weight excluding hydrogens is 362 g/mol. The first kappa shape index (κ1) is 18.4. The molecule has 2 heterocycles. The largest absolute Gasteiger partial charge is 0.339 e. The summed E-state index contributed by atoms with van der Waals surface area (Å²) in [5.41, 5.74) is 0. The SMILES string of the molecule is CN1CCN(C(=O)[C@H]2CCCN2S(=O)(=O)c2ccc3ccccc3c2)CC1. The highest BCUT2D eigenvalue weighted by molar-refractivity contribution is 7.89. The second-order valence-electron chi connectivity index (χ2n) is 7.41. The third kappa shape index (κ3) is 3.47. The summed E-state index contributed by atoms with van der Waals surface area (Å²) in [7, 11) is -1.66. The van der Waals surface area contributed by atoms with Gasteiger partial charge >= 0.3 is 0 Å². The van der Waals surface area contributed by atoms with E-state index in [2.05, 4.69) is 4.90 Å². The first-order valence-corrected chi connectivity index (χ1v) is 10.9. The number of piperazine rings is 1. The minimum Gasteiger partial charge on any atom is -0.339 e. The lowest BCUT2D eigenvalue weighted by Crippen LogP contribution is -2.53. The fourth-order valence-electron chi connectivity index (χ4n) is 3.98. The molecule has 2 aliphatic rings. The van der Waals surface area contributed by atoms with Gasteiger partial charge in [-0.15, -0.1) is 0 Å². The van der Waals surface area contributed by atoms with Crippen LogP contribution in [0.5, 0.6) is 0 Å². The summed E-state index contributed by atoms with van der Waals surface area (Å²) in [6.07, 6.45) is 1.31. The number of carbonyl (C=O) groups is 1. The Bertz CT molecular complexity index is 952. The Morgan fingerprint density at radius 2 is 1.67 bits per heavy atom. The van der Waals surface area contributed by atoms with E-state index in [-0.39, 0.29) is 10.8 Å². The van der Waals surface area contributed by atoms with Gasteiger partial charge in [0, 0.05) is 32.7 Å². The first-order valence-electron chi connectivity index (χ1n) is 9.45. The van der Waals surface area contributed by atoms with Crippen LogP contribution >= 0.6 is 0 Å². The van der Waals surface area contributed by atoms with E-state index in [9.17, 15) is 13.2 Å². The van der Waals surface area contributed by atoms with Crippen LogP contribution in [0.4, 0.5) is 0 Å². The summed E-state index contributed by atoms with van der Waals surface area (Å²) in [4.78, 5) is 17.3. The molecule has 2 saturated heterocycles. The van der Waals surface area contributed by atoms with Gasteiger partial charge in [-0.2, -0.15) is 4.31 Å². The smallest absolute Gasteiger partial charge is 0.243 e. The van der Waals surface area contributed by atoms with Gasteiger partial charge in [-0.3, -0.25) is 4.79 Å². The first-order chi connectivity index (χ1) is 13.0. The van der Waals surface area contributed by atoms with Crippen molar-refractivity contribution in [3.63, 3.8) is 0 Å². The number of hydrogen-bond acceptors (Lipinski definition) is 4. The van der Waals surface area contributed by atoms with Crippen LogP contribution in [0.3, 0.4) is 0 Å². The molecular formula is C20H25N3O3S. The number of fused-ring (bicyclic) bond motifs is 1. The standard InChI is InChI=1S/C20H25N3O3S/c1-21-11-13-22(14-12-21)20(24)19-7-4-10-23(19)27(25,26)18-9-8-16-5-2-3-6-17(16)15-18/h2-3,5-6,8-9,15,19H,4,7,10-14H2,1H3/t19-/m1/s1. The zero-order valence-electron chi connectivity index (χ0n) is 15.5. The monoisotopic (exact) mass is 387 g/mol. The third-order valence-electron chi connectivity index (χ3n) is 5.63. The number of hydrogen-bond donors (Lipinski definition) is 0. The van der Waals surface area contributed by atoms with Gasteiger partial charge in [0.2, 0.25) is 15.9 Å². The molecule has 0 bridgehead atoms. The van der Waals surface area contributed by atoms with Gasteiger partial charge in [-0.1, -0.05) is 30.3 Å². The lowest BCUT2D eigenvalue weighted by atomic mass is 10.1. The molecule has 6 nitrogen and oxygen atoms in total. The number of sulfonamides is 1. The van der Waals surface area contributed by atoms with Crippen molar-refractivity contribution in [1.29, 1.82) is 0 Å². The van der Waals surface area contributed by atoms with E-state index in [1.807, 2.05) is 42.3 Å². The third-order valence-corrected chi connectivity index (χ3v) is 7.54. The lowest BCUT2D eigenvalue weighted by molar-refractivity contribution is -0.136. The predicted molar refractivity (Wildman–Crippen MR) is 105 cm³/mol. The van der Waals surface area contributed by atoms with E-state index in [0.29, 0.717) is 26.1 Å². The molecule has 144 valence electrons. The van der Waals surface area contributed by atoms with Crippen molar-refractivity contribution in [3.8, 4) is 0 Å². The van der Waals surface area contributed by atoms with Gasteiger partial charge in [0.1, 0.15) is 6.04 Å². The highest BCUT2D eigenvalue weighted by atomic mass is 32.2. The summed E-state index contributed by atoms with van der Waals surface area (Å²) in [5.74, 6) is -0.0510. The molecule has 0 aliphatic carbocycles. The van der Waals surface area contributed by atoms with Crippen molar-refractivity contribution in [3.05, 3.63) is 42.5 Å². The molecule has 2 aromatic carbocycles. The fourth-order valence-corrected chi connectivity index (χ4v) is 5.66. The average molecular weight is 388 g/mol. The molecule has 1 amide bonds. The molecule has 0 radical (unpaired) electrons. The predicted octanol–water partition coefficient (Wildman–Crippen LogP) is 1.77. The van der Waals surface area contributed by atoms with Gasteiger partial charge in [0.05, 0.1) is 4.90 Å². The molecule has 27 heavy (non-hydrogen) atoms. The van der Waals surface area contributed by atoms with E-state index < -0.39 is 16.1 Å². The lowest BCUT2D eigenvalue weighted by Gasteiger charge is -2.35. The second kappa shape index (κ2) is 7.22. The van der Waals surface area contributed by atoms with Crippen LogP contribution in [-0.2, 0) is 14.8 Å². The normalized spacial score (nSPS) is 22.4. The van der Waals surface area contributed by atoms with Crippen LogP contribution in [0.15, 0.2) is 47.4 Å². The molecule has 0 saturated carbocycles. The number of carbonyl (C=O) groups excluding carboxylic acids is 1. The number of likely N-dealkylation sites (N-methyl/N-ethyl adjacent to an activating group) is 1. The Morgan fingerprint density at radius 3 is 2.41 bits per heavy atom. The van der Waals surface area contributed by atoms with Crippen LogP contribution in [-0.4, -0.2) is 74.2 Å². The van der Waals surface area contributed by atoms with Gasteiger partial charge in [-0.25, -0.2) is 8.42 Å². The molecule has 1 atom stereocenters. The Labute approximate surface area is 160 Å². The van der Waals surface area contributed by atoms with Crippen LogP contribution < -0.4 is 0 Å². The molecule has 4 rings (SSSR count). The quantitative estimate of drug-likeness (QED) is 0.805. The van der Waals surface area contributed by atoms with Crippen molar-refractivity contribution in [2.75, 3.05) is 39.8 Å². The molecule has 2 fully saturated rings. The van der Waals surface area contributed by atoms with Crippen molar-refractivity contribution >= 4 is 26.7 Å². The number of amides is 1. The molecule has 2 aliphatic heterocycles. The Morgan fingerprint density at radius 1 is 0.963 bits per heavy atom. The maximum absolute atomic E-state index is 13.3. The maximum Gasteiger partial charge on any atom is 0.243 e. The van der Waals surface area contributed by atoms with Crippen molar-refractivity contribution in [2.24, 2.45) is 0 Å². The zero-order chi connectivity index (χ0) is 19.0. The van der Waals surface area contributed by atoms with Gasteiger partial charge in [0.25, 0.3) is 0 Å². The molecule has 2 aromatic rings. The number of rotatable bonds is 3. The maximum atomic E-state index is 13.3. The van der Waals surface area contributed by atoms with E-state index in [1.54, 1.807) is 12.1 Å². The minimum absolute atomic E-state index is 0.0510. The zero-order valence-corrected chi connectivity index (χ0v) is 16.4. The Hall–Kier alpha value is -1.96. The Balaban J connectivity index is 1.60. The summed E-state index contributed by atoms with van der Waals surface area (Å²) in [6.45, 7) is 3.39. The summed E-state index contributed by atoms with van der Waals surface area (Å²) >= 11 is 0. The van der Waals surface area contributed by atoms with Crippen LogP contribution in [0.2, 0.25) is 0 Å². The van der Waals surface area contributed by atoms with Crippen LogP contribution in [0, 0.1) is 0 Å². The second-order valence-corrected chi connectivity index (χ2v) is 9.30. The molecule has 0 unspecified atom stereocenters. The Kier molecular flexibility index (Phi) is 4.92. The highest BCUT2D eigenvalue weighted by Gasteiger charge is 2.41. The van der Waals surface area contributed by atoms with Crippen molar-refractivity contribution in [2.45, 2.75) is 23.8 Å². The number of benzene rings is 2. The topological polar surface area (TPSA) is 60.9 Å².